The van der Waals surface area contributed by atoms with Crippen molar-refractivity contribution < 1.29 is 4.79 Å². The molecule has 0 aliphatic heterocycles. The highest BCUT2D eigenvalue weighted by Crippen LogP contribution is 2.20. The van der Waals surface area contributed by atoms with E-state index in [0.29, 0.717) is 12.5 Å². The number of hydrogen-bond donors (Lipinski definition) is 0. The van der Waals surface area contributed by atoms with Crippen LogP contribution in [0.2, 0.25) is 0 Å². The predicted octanol–water partition coefficient (Wildman–Crippen LogP) is 3.83. The first-order valence-corrected chi connectivity index (χ1v) is 7.26. The van der Waals surface area contributed by atoms with Crippen molar-refractivity contribution in [3.63, 3.8) is 0 Å². The Hall–Kier alpha value is -0.350. The lowest BCUT2D eigenvalue weighted by Crippen LogP contribution is -2.35. The SMILES string of the molecule is CC(C)C(Br)C(=O)N(C)Cc1ccccc1Br. The van der Waals surface area contributed by atoms with E-state index >= 15 is 0 Å². The molecule has 1 amide bonds. The maximum atomic E-state index is 12.1. The first-order valence-electron chi connectivity index (χ1n) is 5.56. The summed E-state index contributed by atoms with van der Waals surface area (Å²) in [5, 5.41) is 0. The fourth-order valence-electron chi connectivity index (χ4n) is 1.46. The molecular formula is C13H17Br2NO. The fourth-order valence-corrected chi connectivity index (χ4v) is 2.22. The average molecular weight is 363 g/mol. The summed E-state index contributed by atoms with van der Waals surface area (Å²) in [6.07, 6.45) is 0. The van der Waals surface area contributed by atoms with Crippen molar-refractivity contribution in [2.24, 2.45) is 5.92 Å². The van der Waals surface area contributed by atoms with Crippen LogP contribution in [0.15, 0.2) is 28.7 Å². The van der Waals surface area contributed by atoms with Gasteiger partial charge in [-0.2, -0.15) is 0 Å². The van der Waals surface area contributed by atoms with Crippen molar-refractivity contribution in [2.75, 3.05) is 7.05 Å². The number of benzene rings is 1. The number of carbonyl (C=O) groups excluding carboxylic acids is 1. The van der Waals surface area contributed by atoms with E-state index in [-0.39, 0.29) is 10.7 Å². The van der Waals surface area contributed by atoms with Crippen molar-refractivity contribution in [3.8, 4) is 0 Å². The first kappa shape index (κ1) is 14.7. The largest absolute Gasteiger partial charge is 0.340 e. The van der Waals surface area contributed by atoms with Crippen LogP contribution in [0.5, 0.6) is 0 Å². The molecule has 1 unspecified atom stereocenters. The number of rotatable bonds is 4. The third-order valence-electron chi connectivity index (χ3n) is 2.56. The standard InChI is InChI=1S/C13H17Br2NO/c1-9(2)12(15)13(17)16(3)8-10-6-4-5-7-11(10)14/h4-7,9,12H,8H2,1-3H3. The quantitative estimate of drug-likeness (QED) is 0.745. The molecule has 0 spiro atoms. The van der Waals surface area contributed by atoms with Crippen molar-refractivity contribution in [1.82, 2.24) is 4.90 Å². The van der Waals surface area contributed by atoms with Crippen LogP contribution < -0.4 is 0 Å². The predicted molar refractivity (Wildman–Crippen MR) is 78.2 cm³/mol. The molecule has 17 heavy (non-hydrogen) atoms. The minimum atomic E-state index is -0.116. The molecule has 0 aromatic heterocycles. The number of amides is 1. The first-order chi connectivity index (χ1) is 7.93. The Morgan fingerprint density at radius 3 is 2.47 bits per heavy atom. The third kappa shape index (κ3) is 4.11. The molecule has 0 bridgehead atoms. The molecular weight excluding hydrogens is 346 g/mol. The second kappa shape index (κ2) is 6.55. The zero-order valence-corrected chi connectivity index (χ0v) is 13.5. The van der Waals surface area contributed by atoms with Gasteiger partial charge in [-0.25, -0.2) is 0 Å². The molecule has 1 aromatic carbocycles. The Morgan fingerprint density at radius 1 is 1.35 bits per heavy atom. The summed E-state index contributed by atoms with van der Waals surface area (Å²) < 4.78 is 1.04. The monoisotopic (exact) mass is 361 g/mol. The van der Waals surface area contributed by atoms with E-state index in [1.807, 2.05) is 45.2 Å². The number of halogens is 2. The second-order valence-corrected chi connectivity index (χ2v) is 6.27. The van der Waals surface area contributed by atoms with Gasteiger partial charge >= 0.3 is 0 Å². The Morgan fingerprint density at radius 2 is 1.94 bits per heavy atom. The molecule has 0 N–H and O–H groups in total. The summed E-state index contributed by atoms with van der Waals surface area (Å²) in [7, 11) is 1.83. The van der Waals surface area contributed by atoms with Gasteiger partial charge in [0.1, 0.15) is 0 Å². The summed E-state index contributed by atoms with van der Waals surface area (Å²) >= 11 is 6.93. The van der Waals surface area contributed by atoms with Crippen LogP contribution >= 0.6 is 31.9 Å². The van der Waals surface area contributed by atoms with Crippen LogP contribution in [0.4, 0.5) is 0 Å². The summed E-state index contributed by atoms with van der Waals surface area (Å²) in [6, 6.07) is 7.96. The van der Waals surface area contributed by atoms with E-state index in [9.17, 15) is 4.79 Å². The second-order valence-electron chi connectivity index (χ2n) is 4.43. The Kier molecular flexibility index (Phi) is 5.67. The molecule has 0 saturated heterocycles. The van der Waals surface area contributed by atoms with E-state index in [1.54, 1.807) is 4.90 Å². The topological polar surface area (TPSA) is 20.3 Å². The lowest BCUT2D eigenvalue weighted by atomic mass is 10.1. The van der Waals surface area contributed by atoms with Crippen LogP contribution in [-0.2, 0) is 11.3 Å². The van der Waals surface area contributed by atoms with E-state index < -0.39 is 0 Å². The minimum Gasteiger partial charge on any atom is -0.340 e. The number of alkyl halides is 1. The van der Waals surface area contributed by atoms with Gasteiger partial charge in [0.2, 0.25) is 5.91 Å². The van der Waals surface area contributed by atoms with Crippen LogP contribution in [0.1, 0.15) is 19.4 Å². The molecule has 0 aliphatic carbocycles. The van der Waals surface area contributed by atoms with E-state index in [4.69, 9.17) is 0 Å². The lowest BCUT2D eigenvalue weighted by molar-refractivity contribution is -0.130. The molecule has 0 radical (unpaired) electrons. The summed E-state index contributed by atoms with van der Waals surface area (Å²) in [4.78, 5) is 13.7. The van der Waals surface area contributed by atoms with Gasteiger partial charge in [-0.15, -0.1) is 0 Å². The normalized spacial score (nSPS) is 12.6. The van der Waals surface area contributed by atoms with Crippen molar-refractivity contribution in [3.05, 3.63) is 34.3 Å². The van der Waals surface area contributed by atoms with Gasteiger partial charge in [-0.05, 0) is 17.5 Å². The number of carbonyl (C=O) groups is 1. The van der Waals surface area contributed by atoms with Gasteiger partial charge < -0.3 is 4.90 Å². The van der Waals surface area contributed by atoms with Crippen molar-refractivity contribution >= 4 is 37.8 Å². The van der Waals surface area contributed by atoms with Crippen molar-refractivity contribution in [1.29, 1.82) is 0 Å². The third-order valence-corrected chi connectivity index (χ3v) is 4.79. The van der Waals surface area contributed by atoms with E-state index in [2.05, 4.69) is 31.9 Å². The highest BCUT2D eigenvalue weighted by Gasteiger charge is 2.22. The minimum absolute atomic E-state index is 0.116. The fraction of sp³-hybridized carbons (Fsp3) is 0.462. The van der Waals surface area contributed by atoms with Gasteiger partial charge in [0.05, 0.1) is 4.83 Å². The molecule has 2 nitrogen and oxygen atoms in total. The van der Waals surface area contributed by atoms with Crippen LogP contribution in [-0.4, -0.2) is 22.7 Å². The van der Waals surface area contributed by atoms with Gasteiger partial charge in [0.25, 0.3) is 0 Å². The summed E-state index contributed by atoms with van der Waals surface area (Å²) in [5.41, 5.74) is 1.12. The molecule has 0 heterocycles. The number of nitrogens with zero attached hydrogens (tertiary/aromatic N) is 1. The van der Waals surface area contributed by atoms with Gasteiger partial charge in [-0.1, -0.05) is 63.9 Å². The van der Waals surface area contributed by atoms with Crippen molar-refractivity contribution in [2.45, 2.75) is 25.2 Å². The molecule has 1 aromatic rings. The smallest absolute Gasteiger partial charge is 0.236 e. The van der Waals surface area contributed by atoms with Crippen LogP contribution in [0, 0.1) is 5.92 Å². The summed E-state index contributed by atoms with van der Waals surface area (Å²) in [5.74, 6) is 0.417. The molecule has 4 heteroatoms. The highest BCUT2D eigenvalue weighted by atomic mass is 79.9. The Bertz CT molecular complexity index is 393. The zero-order chi connectivity index (χ0) is 13.0. The van der Waals surface area contributed by atoms with Gasteiger partial charge in [-0.3, -0.25) is 4.79 Å². The van der Waals surface area contributed by atoms with Crippen LogP contribution in [0.3, 0.4) is 0 Å². The Labute approximate surface area is 120 Å². The molecule has 0 fully saturated rings. The Balaban J connectivity index is 2.70. The van der Waals surface area contributed by atoms with Gasteiger partial charge in [0, 0.05) is 18.1 Å². The van der Waals surface area contributed by atoms with E-state index in [1.165, 1.54) is 0 Å². The maximum Gasteiger partial charge on any atom is 0.236 e. The lowest BCUT2D eigenvalue weighted by Gasteiger charge is -2.23. The molecule has 94 valence electrons. The number of hydrogen-bond acceptors (Lipinski definition) is 1. The molecule has 0 aliphatic rings. The highest BCUT2D eigenvalue weighted by molar-refractivity contribution is 9.10. The van der Waals surface area contributed by atoms with E-state index in [0.717, 1.165) is 10.0 Å². The average Bonchev–Trinajstić information content (AvgIpc) is 2.30. The molecule has 0 saturated carbocycles. The maximum absolute atomic E-state index is 12.1. The summed E-state index contributed by atoms with van der Waals surface area (Å²) in [6.45, 7) is 4.68. The van der Waals surface area contributed by atoms with Crippen LogP contribution in [0.25, 0.3) is 0 Å². The molecule has 1 rings (SSSR count). The molecule has 1 atom stereocenters. The van der Waals surface area contributed by atoms with Gasteiger partial charge in [0.15, 0.2) is 0 Å². The zero-order valence-electron chi connectivity index (χ0n) is 10.3.